The maximum absolute atomic E-state index is 12.8. The Morgan fingerprint density at radius 2 is 0.906 bits per heavy atom. The third-order valence-corrected chi connectivity index (χ3v) is 5.56. The van der Waals surface area contributed by atoms with E-state index in [-0.39, 0.29) is 13.2 Å². The van der Waals surface area contributed by atoms with Gasteiger partial charge in [0.1, 0.15) is 0 Å². The van der Waals surface area contributed by atoms with Crippen molar-refractivity contribution in [3.8, 4) is 0 Å². The van der Waals surface area contributed by atoms with Crippen molar-refractivity contribution in [3.63, 3.8) is 0 Å². The van der Waals surface area contributed by atoms with Crippen LogP contribution in [-0.4, -0.2) is 25.2 Å². The lowest BCUT2D eigenvalue weighted by Crippen LogP contribution is -2.15. The molecule has 0 unspecified atom stereocenters. The van der Waals surface area contributed by atoms with Gasteiger partial charge in [-0.1, -0.05) is 116 Å². The van der Waals surface area contributed by atoms with E-state index in [0.29, 0.717) is 12.8 Å². The van der Waals surface area contributed by atoms with Crippen molar-refractivity contribution in [3.05, 3.63) is 35.3 Å². The first-order chi connectivity index (χ1) is 17.4. The Hall–Kier alpha value is -1.84. The molecule has 0 radical (unpaired) electrons. The highest BCUT2D eigenvalue weighted by atomic mass is 16.5. The van der Waals surface area contributed by atoms with Crippen LogP contribution in [0.3, 0.4) is 0 Å². The van der Waals surface area contributed by atoms with Crippen molar-refractivity contribution in [1.29, 1.82) is 0 Å². The fraction of sp³-hybridized carbons (Fsp3) is 0.714. The fourth-order valence-corrected chi connectivity index (χ4v) is 3.56. The van der Waals surface area contributed by atoms with Crippen molar-refractivity contribution >= 4 is 11.9 Å². The van der Waals surface area contributed by atoms with Crippen molar-refractivity contribution in [2.45, 2.75) is 117 Å². The van der Waals surface area contributed by atoms with Crippen molar-refractivity contribution in [2.24, 2.45) is 0 Å². The highest BCUT2D eigenvalue weighted by Gasteiger charge is 2.18. The average Bonchev–Trinajstić information content (AvgIpc) is 2.87. The summed E-state index contributed by atoms with van der Waals surface area (Å²) in [5.74, 6) is -1.83. The molecule has 0 spiro atoms. The van der Waals surface area contributed by atoms with Gasteiger partial charge in [-0.25, -0.2) is 9.59 Å². The molecule has 0 saturated heterocycles. The summed E-state index contributed by atoms with van der Waals surface area (Å²) < 4.78 is 42.7. The second kappa shape index (κ2) is 19.8. The summed E-state index contributed by atoms with van der Waals surface area (Å²) in [6.07, 6.45) is 17.4. The second-order valence-corrected chi connectivity index (χ2v) is 8.47. The van der Waals surface area contributed by atoms with E-state index in [1.165, 1.54) is 51.4 Å². The highest BCUT2D eigenvalue weighted by Crippen LogP contribution is 2.14. The topological polar surface area (TPSA) is 52.6 Å². The van der Waals surface area contributed by atoms with Gasteiger partial charge >= 0.3 is 11.9 Å². The molecule has 0 aliphatic rings. The Balaban J connectivity index is 2.61. The van der Waals surface area contributed by atoms with Gasteiger partial charge in [0.15, 0.2) is 0 Å². The Kier molecular flexibility index (Phi) is 13.6. The third kappa shape index (κ3) is 13.5. The van der Waals surface area contributed by atoms with Crippen LogP contribution in [0.2, 0.25) is 0 Å². The molecule has 0 N–H and O–H groups in total. The first kappa shape index (κ1) is 22.0. The Morgan fingerprint density at radius 3 is 1.25 bits per heavy atom. The molecule has 0 aromatic heterocycles. The van der Waals surface area contributed by atoms with Crippen molar-refractivity contribution < 1.29 is 24.5 Å². The Bertz CT molecular complexity index is 798. The van der Waals surface area contributed by atoms with Crippen LogP contribution < -0.4 is 0 Å². The maximum atomic E-state index is 12.8. The molecule has 0 aliphatic heterocycles. The van der Waals surface area contributed by atoms with Gasteiger partial charge in [0.25, 0.3) is 0 Å². The molecular weight excluding hydrogens is 400 g/mol. The minimum atomic E-state index is -0.914. The molecule has 1 aromatic carbocycles. The monoisotopic (exact) mass is 450 g/mol. The second-order valence-electron chi connectivity index (χ2n) is 8.47. The lowest BCUT2D eigenvalue weighted by molar-refractivity contribution is 0.0450. The predicted molar refractivity (Wildman–Crippen MR) is 132 cm³/mol. The molecule has 182 valence electrons. The molecule has 4 heteroatoms. The van der Waals surface area contributed by atoms with Crippen LogP contribution in [0.1, 0.15) is 143 Å². The summed E-state index contributed by atoms with van der Waals surface area (Å²) >= 11 is 0. The van der Waals surface area contributed by atoms with Gasteiger partial charge in [-0.15, -0.1) is 0 Å². The SMILES string of the molecule is [2H]c1c([2H])c([2H])c(C(=O)OCCCCCCCCCCC)c(C(=O)OCCCCCCCCC)c1[2H]. The van der Waals surface area contributed by atoms with Gasteiger partial charge in [0.2, 0.25) is 0 Å². The van der Waals surface area contributed by atoms with Crippen LogP contribution in [-0.2, 0) is 9.47 Å². The number of esters is 2. The minimum absolute atomic E-state index is 0.141. The summed E-state index contributed by atoms with van der Waals surface area (Å²) in [4.78, 5) is 25.5. The Morgan fingerprint density at radius 1 is 0.594 bits per heavy atom. The number of hydrogen-bond acceptors (Lipinski definition) is 4. The first-order valence-electron chi connectivity index (χ1n) is 14.8. The van der Waals surface area contributed by atoms with E-state index in [2.05, 4.69) is 13.8 Å². The summed E-state index contributed by atoms with van der Waals surface area (Å²) in [6, 6.07) is -2.29. The number of ether oxygens (including phenoxy) is 2. The largest absolute Gasteiger partial charge is 0.462 e. The van der Waals surface area contributed by atoms with Crippen LogP contribution in [0.25, 0.3) is 0 Å². The van der Waals surface area contributed by atoms with Crippen molar-refractivity contribution in [1.82, 2.24) is 0 Å². The molecule has 0 amide bonds. The van der Waals surface area contributed by atoms with E-state index in [9.17, 15) is 9.59 Å². The number of unbranched alkanes of at least 4 members (excludes halogenated alkanes) is 14. The Labute approximate surface area is 202 Å². The molecule has 1 aromatic rings. The number of carbonyl (C=O) groups excluding carboxylic acids is 2. The van der Waals surface area contributed by atoms with Crippen LogP contribution in [0.4, 0.5) is 0 Å². The molecular formula is C28H46O4. The highest BCUT2D eigenvalue weighted by molar-refractivity contribution is 6.03. The van der Waals surface area contributed by atoms with E-state index in [4.69, 9.17) is 15.0 Å². The fourth-order valence-electron chi connectivity index (χ4n) is 3.56. The molecule has 4 nitrogen and oxygen atoms in total. The normalized spacial score (nSPS) is 12.6. The average molecular weight is 451 g/mol. The number of hydrogen-bond donors (Lipinski definition) is 0. The summed E-state index contributed by atoms with van der Waals surface area (Å²) in [5.41, 5.74) is -0.887. The lowest BCUT2D eigenvalue weighted by atomic mass is 10.1. The van der Waals surface area contributed by atoms with Gasteiger partial charge < -0.3 is 9.47 Å². The molecule has 0 heterocycles. The smallest absolute Gasteiger partial charge is 0.339 e. The van der Waals surface area contributed by atoms with Crippen LogP contribution in [0, 0.1) is 0 Å². The maximum Gasteiger partial charge on any atom is 0.339 e. The molecule has 0 aliphatic carbocycles. The molecule has 1 rings (SSSR count). The minimum Gasteiger partial charge on any atom is -0.462 e. The van der Waals surface area contributed by atoms with Gasteiger partial charge in [0.05, 0.1) is 29.8 Å². The van der Waals surface area contributed by atoms with E-state index in [1.54, 1.807) is 0 Å². The predicted octanol–water partition coefficient (Wildman–Crippen LogP) is 8.28. The van der Waals surface area contributed by atoms with E-state index < -0.39 is 47.2 Å². The summed E-state index contributed by atoms with van der Waals surface area (Å²) in [5, 5.41) is 0. The number of rotatable bonds is 20. The van der Waals surface area contributed by atoms with E-state index in [0.717, 1.165) is 38.5 Å². The zero-order valence-corrected chi connectivity index (χ0v) is 20.4. The quantitative estimate of drug-likeness (QED) is 0.148. The van der Waals surface area contributed by atoms with Gasteiger partial charge in [0, 0.05) is 0 Å². The molecule has 0 saturated carbocycles. The van der Waals surface area contributed by atoms with E-state index >= 15 is 0 Å². The zero-order chi connectivity index (χ0) is 26.8. The lowest BCUT2D eigenvalue weighted by Gasteiger charge is -2.10. The molecule has 0 bridgehead atoms. The molecule has 32 heavy (non-hydrogen) atoms. The van der Waals surface area contributed by atoms with Crippen LogP contribution >= 0.6 is 0 Å². The molecule has 0 fully saturated rings. The number of carbonyl (C=O) groups is 2. The summed E-state index contributed by atoms with van der Waals surface area (Å²) in [6.45, 7) is 4.65. The zero-order valence-electron chi connectivity index (χ0n) is 24.4. The van der Waals surface area contributed by atoms with Crippen LogP contribution in [0.5, 0.6) is 0 Å². The van der Waals surface area contributed by atoms with E-state index in [1.807, 2.05) is 0 Å². The first-order valence-corrected chi connectivity index (χ1v) is 12.8. The van der Waals surface area contributed by atoms with Crippen LogP contribution in [0.15, 0.2) is 24.2 Å². The standard InChI is InChI=1S/C28H46O4/c1-3-5-7-9-11-12-14-16-20-24-32-28(30)26-22-18-17-21-25(26)27(29)31-23-19-15-13-10-8-6-4-2/h17-18,21-22H,3-16,19-20,23-24H2,1-2H3/i17D,18D,21D,22D. The van der Waals surface area contributed by atoms with Gasteiger partial charge in [-0.05, 0) is 24.9 Å². The number of benzene rings is 1. The van der Waals surface area contributed by atoms with Crippen molar-refractivity contribution in [2.75, 3.05) is 13.2 Å². The van der Waals surface area contributed by atoms with Gasteiger partial charge in [-0.3, -0.25) is 0 Å². The van der Waals surface area contributed by atoms with Gasteiger partial charge in [-0.2, -0.15) is 0 Å². The molecule has 0 atom stereocenters. The summed E-state index contributed by atoms with van der Waals surface area (Å²) in [7, 11) is 0. The third-order valence-electron chi connectivity index (χ3n) is 5.56.